The van der Waals surface area contributed by atoms with Gasteiger partial charge in [-0.1, -0.05) is 0 Å². The topological polar surface area (TPSA) is 148 Å². The molecule has 0 saturated carbocycles. The molecule has 30 heavy (non-hydrogen) atoms. The van der Waals surface area contributed by atoms with Crippen molar-refractivity contribution in [2.45, 2.75) is 4.90 Å². The number of benzene rings is 1. The smallest absolute Gasteiger partial charge is 0.280 e. The molecule has 14 heteroatoms. The standard InChI is InChI=1S/C16H13N7O4S3/c24-13(8-19-15-17-3-5-28-15)21-23-9-20-12-2-1-10(7-11(12)14(23)25)30(26,27)22-16-18-4-6-29-16/h1-7,9H,8H2,(H,17,19)(H,18,22)(H,21,24). The second-order valence-electron chi connectivity index (χ2n) is 5.77. The quantitative estimate of drug-likeness (QED) is 0.371. The first-order valence-electron chi connectivity index (χ1n) is 8.29. The lowest BCUT2D eigenvalue weighted by Gasteiger charge is -2.10. The number of thiazole rings is 2. The van der Waals surface area contributed by atoms with Crippen molar-refractivity contribution >= 4 is 59.8 Å². The summed E-state index contributed by atoms with van der Waals surface area (Å²) in [6.07, 6.45) is 4.23. The Balaban J connectivity index is 1.58. The summed E-state index contributed by atoms with van der Waals surface area (Å²) < 4.78 is 28.4. The molecule has 0 unspecified atom stereocenters. The Bertz CT molecular complexity index is 1350. The molecule has 11 nitrogen and oxygen atoms in total. The molecule has 0 aliphatic rings. The van der Waals surface area contributed by atoms with Crippen molar-refractivity contribution in [2.24, 2.45) is 0 Å². The number of hydrogen-bond donors (Lipinski definition) is 3. The minimum atomic E-state index is -3.94. The summed E-state index contributed by atoms with van der Waals surface area (Å²) in [5, 5.41) is 7.02. The van der Waals surface area contributed by atoms with Gasteiger partial charge in [0.25, 0.3) is 21.5 Å². The van der Waals surface area contributed by atoms with Crippen LogP contribution in [0.15, 0.2) is 57.4 Å². The van der Waals surface area contributed by atoms with E-state index in [0.717, 1.165) is 22.3 Å². The fraction of sp³-hybridized carbons (Fsp3) is 0.0625. The zero-order valence-electron chi connectivity index (χ0n) is 15.0. The maximum absolute atomic E-state index is 12.7. The summed E-state index contributed by atoms with van der Waals surface area (Å²) in [5.74, 6) is -0.498. The minimum Gasteiger partial charge on any atom is -0.352 e. The van der Waals surface area contributed by atoms with E-state index in [9.17, 15) is 18.0 Å². The van der Waals surface area contributed by atoms with Crippen molar-refractivity contribution in [3.8, 4) is 0 Å². The summed E-state index contributed by atoms with van der Waals surface area (Å²) in [5.41, 5.74) is 2.08. The van der Waals surface area contributed by atoms with Crippen molar-refractivity contribution in [2.75, 3.05) is 22.0 Å². The molecule has 4 rings (SSSR count). The van der Waals surface area contributed by atoms with Crippen molar-refractivity contribution in [1.82, 2.24) is 19.6 Å². The summed E-state index contributed by atoms with van der Waals surface area (Å²) in [7, 11) is -3.94. The van der Waals surface area contributed by atoms with Crippen LogP contribution in [0.2, 0.25) is 0 Å². The molecule has 3 aromatic heterocycles. The van der Waals surface area contributed by atoms with E-state index in [1.165, 1.54) is 35.7 Å². The van der Waals surface area contributed by atoms with Crippen LogP contribution in [0.5, 0.6) is 0 Å². The van der Waals surface area contributed by atoms with E-state index in [2.05, 4.69) is 30.4 Å². The minimum absolute atomic E-state index is 0.0349. The monoisotopic (exact) mass is 463 g/mol. The van der Waals surface area contributed by atoms with Crippen molar-refractivity contribution in [3.63, 3.8) is 0 Å². The lowest BCUT2D eigenvalue weighted by molar-refractivity contribution is -0.115. The van der Waals surface area contributed by atoms with E-state index >= 15 is 0 Å². The van der Waals surface area contributed by atoms with Crippen LogP contribution in [0.3, 0.4) is 0 Å². The summed E-state index contributed by atoms with van der Waals surface area (Å²) in [4.78, 5) is 36.7. The van der Waals surface area contributed by atoms with Crippen molar-refractivity contribution < 1.29 is 13.2 Å². The number of hydrogen-bond acceptors (Lipinski definition) is 10. The molecule has 154 valence electrons. The molecule has 0 bridgehead atoms. The molecular formula is C16H13N7O4S3. The first kappa shape index (κ1) is 19.9. The van der Waals surface area contributed by atoms with E-state index in [-0.39, 0.29) is 22.0 Å². The highest BCUT2D eigenvalue weighted by Crippen LogP contribution is 2.20. The Morgan fingerprint density at radius 3 is 2.50 bits per heavy atom. The largest absolute Gasteiger partial charge is 0.352 e. The van der Waals surface area contributed by atoms with Crippen molar-refractivity contribution in [3.05, 3.63) is 58.0 Å². The Morgan fingerprint density at radius 1 is 1.07 bits per heavy atom. The predicted octanol–water partition coefficient (Wildman–Crippen LogP) is 1.29. The number of fused-ring (bicyclic) bond motifs is 1. The van der Waals surface area contributed by atoms with Crippen LogP contribution in [0.4, 0.5) is 10.3 Å². The van der Waals surface area contributed by atoms with E-state index in [1.807, 2.05) is 0 Å². The molecule has 0 fully saturated rings. The molecule has 0 saturated heterocycles. The molecule has 1 aromatic carbocycles. The van der Waals surface area contributed by atoms with Gasteiger partial charge in [0.2, 0.25) is 0 Å². The van der Waals surface area contributed by atoms with Crippen LogP contribution >= 0.6 is 22.7 Å². The van der Waals surface area contributed by atoms with E-state index in [0.29, 0.717) is 10.6 Å². The Hall–Kier alpha value is -3.36. The SMILES string of the molecule is O=C(CNc1nccs1)Nn1cnc2ccc(S(=O)(=O)Nc3nccs3)cc2c1=O. The maximum Gasteiger partial charge on any atom is 0.280 e. The van der Waals surface area contributed by atoms with E-state index < -0.39 is 21.5 Å². The lowest BCUT2D eigenvalue weighted by atomic mass is 10.2. The highest BCUT2D eigenvalue weighted by atomic mass is 32.2. The van der Waals surface area contributed by atoms with Gasteiger partial charge >= 0.3 is 0 Å². The van der Waals surface area contributed by atoms with Crippen LogP contribution in [-0.4, -0.2) is 40.5 Å². The third-order valence-electron chi connectivity index (χ3n) is 3.77. The molecule has 0 radical (unpaired) electrons. The van der Waals surface area contributed by atoms with Crippen LogP contribution in [0.25, 0.3) is 10.9 Å². The highest BCUT2D eigenvalue weighted by molar-refractivity contribution is 7.93. The van der Waals surface area contributed by atoms with Gasteiger partial charge in [0.1, 0.15) is 6.33 Å². The van der Waals surface area contributed by atoms with Crippen LogP contribution in [0.1, 0.15) is 0 Å². The van der Waals surface area contributed by atoms with Gasteiger partial charge in [0, 0.05) is 23.2 Å². The fourth-order valence-corrected chi connectivity index (χ4v) is 4.78. The number of nitrogens with one attached hydrogen (secondary N) is 3. The number of rotatable bonds is 7. The van der Waals surface area contributed by atoms with Crippen LogP contribution < -0.4 is 21.0 Å². The first-order chi connectivity index (χ1) is 14.4. The zero-order valence-corrected chi connectivity index (χ0v) is 17.4. The van der Waals surface area contributed by atoms with Gasteiger partial charge in [-0.3, -0.25) is 19.7 Å². The Morgan fingerprint density at radius 2 is 1.80 bits per heavy atom. The molecular weight excluding hydrogens is 450 g/mol. The Kier molecular flexibility index (Phi) is 5.43. The van der Waals surface area contributed by atoms with Gasteiger partial charge in [-0.25, -0.2) is 28.0 Å². The van der Waals surface area contributed by atoms with Crippen LogP contribution in [0, 0.1) is 0 Å². The molecule has 0 aliphatic carbocycles. The number of anilines is 2. The second-order valence-corrected chi connectivity index (χ2v) is 9.24. The molecule has 3 N–H and O–H groups in total. The number of carbonyl (C=O) groups is 1. The van der Waals surface area contributed by atoms with Crippen LogP contribution in [-0.2, 0) is 14.8 Å². The first-order valence-corrected chi connectivity index (χ1v) is 11.5. The summed E-state index contributed by atoms with van der Waals surface area (Å²) in [6, 6.07) is 3.96. The van der Waals surface area contributed by atoms with E-state index in [4.69, 9.17) is 0 Å². The molecule has 0 spiro atoms. The fourth-order valence-electron chi connectivity index (χ4n) is 2.44. The number of sulfonamides is 1. The summed E-state index contributed by atoms with van der Waals surface area (Å²) >= 11 is 2.46. The maximum atomic E-state index is 12.7. The number of aromatic nitrogens is 4. The third kappa shape index (κ3) is 4.29. The number of amides is 1. The predicted molar refractivity (Wildman–Crippen MR) is 114 cm³/mol. The van der Waals surface area contributed by atoms with Gasteiger partial charge in [-0.15, -0.1) is 22.7 Å². The Labute approximate surface area is 177 Å². The normalized spacial score (nSPS) is 11.3. The van der Waals surface area contributed by atoms with Gasteiger partial charge in [-0.2, -0.15) is 0 Å². The molecule has 1 amide bonds. The zero-order chi connectivity index (χ0) is 21.1. The van der Waals surface area contributed by atoms with Crippen molar-refractivity contribution in [1.29, 1.82) is 0 Å². The third-order valence-corrected chi connectivity index (χ3v) is 6.66. The lowest BCUT2D eigenvalue weighted by Crippen LogP contribution is -2.36. The highest BCUT2D eigenvalue weighted by Gasteiger charge is 2.18. The number of nitrogens with zero attached hydrogens (tertiary/aromatic N) is 4. The molecule has 0 atom stereocenters. The average molecular weight is 464 g/mol. The van der Waals surface area contributed by atoms with Gasteiger partial charge in [-0.05, 0) is 18.2 Å². The molecule has 3 heterocycles. The van der Waals surface area contributed by atoms with Gasteiger partial charge in [0.15, 0.2) is 10.3 Å². The van der Waals surface area contributed by atoms with Gasteiger partial charge < -0.3 is 5.32 Å². The van der Waals surface area contributed by atoms with Gasteiger partial charge in [0.05, 0.1) is 22.3 Å². The molecule has 0 aliphatic heterocycles. The van der Waals surface area contributed by atoms with E-state index in [1.54, 1.807) is 17.0 Å². The molecule has 4 aromatic rings. The number of carbonyl (C=O) groups excluding carboxylic acids is 1. The average Bonchev–Trinajstić information content (AvgIpc) is 3.42. The second kappa shape index (κ2) is 8.17. The summed E-state index contributed by atoms with van der Waals surface area (Å²) in [6.45, 7) is -0.107.